The zero-order chi connectivity index (χ0) is 15.5. The fourth-order valence-corrected chi connectivity index (χ4v) is 3.11. The predicted octanol–water partition coefficient (Wildman–Crippen LogP) is 2.52. The van der Waals surface area contributed by atoms with Gasteiger partial charge >= 0.3 is 0 Å². The minimum absolute atomic E-state index is 0.0469. The van der Waals surface area contributed by atoms with Gasteiger partial charge in [-0.25, -0.2) is 5.43 Å². The van der Waals surface area contributed by atoms with Crippen molar-refractivity contribution in [3.05, 3.63) is 26.6 Å². The summed E-state index contributed by atoms with van der Waals surface area (Å²) in [5.74, 6) is -1.17. The molecule has 0 bridgehead atoms. The zero-order valence-corrected chi connectivity index (χ0v) is 14.4. The van der Waals surface area contributed by atoms with E-state index >= 15 is 0 Å². The number of halogens is 2. The number of aromatic hydroxyl groups is 1. The van der Waals surface area contributed by atoms with E-state index in [0.717, 1.165) is 4.47 Å². The maximum Gasteiger partial charge on any atom is 0.245 e. The molecule has 114 valence electrons. The van der Waals surface area contributed by atoms with Gasteiger partial charge in [0.1, 0.15) is 5.75 Å². The summed E-state index contributed by atoms with van der Waals surface area (Å²) >= 11 is 6.53. The van der Waals surface area contributed by atoms with Crippen molar-refractivity contribution in [1.29, 1.82) is 0 Å². The Morgan fingerprint density at radius 2 is 2.14 bits per heavy atom. The largest absolute Gasteiger partial charge is 0.506 e. The number of hydrogen-bond acceptors (Lipinski definition) is 5. The van der Waals surface area contributed by atoms with Crippen LogP contribution in [0.25, 0.3) is 0 Å². The lowest BCUT2D eigenvalue weighted by atomic mass is 10.2. The van der Waals surface area contributed by atoms with Crippen LogP contribution >= 0.6 is 31.9 Å². The van der Waals surface area contributed by atoms with E-state index in [4.69, 9.17) is 9.47 Å². The van der Waals surface area contributed by atoms with Gasteiger partial charge < -0.3 is 14.6 Å². The van der Waals surface area contributed by atoms with Crippen LogP contribution in [0, 0.1) is 0 Å². The molecule has 6 nitrogen and oxygen atoms in total. The SMILES string of the molecule is CC1(CC(=O)N/N=C\c2cc(Br)cc(Br)c2O)OCCO1. The van der Waals surface area contributed by atoms with Gasteiger partial charge in [-0.1, -0.05) is 15.9 Å². The van der Waals surface area contributed by atoms with Crippen LogP contribution in [0.5, 0.6) is 5.75 Å². The van der Waals surface area contributed by atoms with Gasteiger partial charge in [-0.3, -0.25) is 4.79 Å². The van der Waals surface area contributed by atoms with Crippen molar-refractivity contribution < 1.29 is 19.4 Å². The molecule has 1 aromatic rings. The molecule has 1 aliphatic rings. The van der Waals surface area contributed by atoms with Crippen LogP contribution in [0.2, 0.25) is 0 Å². The smallest absolute Gasteiger partial charge is 0.245 e. The third kappa shape index (κ3) is 4.50. The van der Waals surface area contributed by atoms with Gasteiger partial charge in [-0.05, 0) is 35.0 Å². The molecule has 0 radical (unpaired) electrons. The minimum Gasteiger partial charge on any atom is -0.506 e. The molecule has 1 heterocycles. The van der Waals surface area contributed by atoms with Crippen LogP contribution in [0.4, 0.5) is 0 Å². The molecule has 1 aliphatic heterocycles. The van der Waals surface area contributed by atoms with Crippen molar-refractivity contribution in [1.82, 2.24) is 5.43 Å². The van der Waals surface area contributed by atoms with Crippen LogP contribution in [0.15, 0.2) is 26.2 Å². The van der Waals surface area contributed by atoms with E-state index in [1.807, 2.05) is 0 Å². The van der Waals surface area contributed by atoms with Crippen molar-refractivity contribution in [3.63, 3.8) is 0 Å². The topological polar surface area (TPSA) is 80.2 Å². The molecular formula is C13H14Br2N2O4. The molecule has 0 aromatic heterocycles. The molecule has 1 saturated heterocycles. The van der Waals surface area contributed by atoms with Gasteiger partial charge in [0.25, 0.3) is 0 Å². The second kappa shape index (κ2) is 6.87. The summed E-state index contributed by atoms with van der Waals surface area (Å²) in [7, 11) is 0. The van der Waals surface area contributed by atoms with Crippen LogP contribution in [-0.2, 0) is 14.3 Å². The molecule has 1 fully saturated rings. The molecular weight excluding hydrogens is 408 g/mol. The minimum atomic E-state index is -0.888. The monoisotopic (exact) mass is 420 g/mol. The summed E-state index contributed by atoms with van der Waals surface area (Å²) in [6, 6.07) is 3.39. The number of benzene rings is 1. The number of hydrazone groups is 1. The fourth-order valence-electron chi connectivity index (χ4n) is 1.85. The van der Waals surface area contributed by atoms with Gasteiger partial charge in [0.05, 0.1) is 30.3 Å². The molecule has 2 N–H and O–H groups in total. The Morgan fingerprint density at radius 1 is 1.48 bits per heavy atom. The number of ether oxygens (including phenoxy) is 2. The van der Waals surface area contributed by atoms with Crippen molar-refractivity contribution in [2.75, 3.05) is 13.2 Å². The fraction of sp³-hybridized carbons (Fsp3) is 0.385. The van der Waals surface area contributed by atoms with Gasteiger partial charge in [0.15, 0.2) is 5.79 Å². The van der Waals surface area contributed by atoms with E-state index in [0.29, 0.717) is 23.2 Å². The normalized spacial score (nSPS) is 17.3. The molecule has 1 amide bonds. The molecule has 1 aromatic carbocycles. The third-order valence-corrected chi connectivity index (χ3v) is 3.89. The van der Waals surface area contributed by atoms with E-state index < -0.39 is 5.79 Å². The highest BCUT2D eigenvalue weighted by Gasteiger charge is 2.33. The number of amides is 1. The van der Waals surface area contributed by atoms with E-state index in [-0.39, 0.29) is 18.1 Å². The van der Waals surface area contributed by atoms with E-state index in [2.05, 4.69) is 42.4 Å². The average Bonchev–Trinajstić information content (AvgIpc) is 2.81. The summed E-state index contributed by atoms with van der Waals surface area (Å²) in [4.78, 5) is 11.7. The Bertz CT molecular complexity index is 572. The summed E-state index contributed by atoms with van der Waals surface area (Å²) in [6.45, 7) is 2.67. The average molecular weight is 422 g/mol. The first-order valence-corrected chi connectivity index (χ1v) is 7.76. The first-order valence-electron chi connectivity index (χ1n) is 6.17. The van der Waals surface area contributed by atoms with Crippen molar-refractivity contribution >= 4 is 44.0 Å². The van der Waals surface area contributed by atoms with Crippen LogP contribution in [-0.4, -0.2) is 36.2 Å². The highest BCUT2D eigenvalue weighted by molar-refractivity contribution is 9.11. The summed E-state index contributed by atoms with van der Waals surface area (Å²) in [5.41, 5.74) is 2.85. The Labute approximate surface area is 138 Å². The van der Waals surface area contributed by atoms with Gasteiger partial charge in [-0.15, -0.1) is 0 Å². The molecule has 21 heavy (non-hydrogen) atoms. The van der Waals surface area contributed by atoms with E-state index in [1.165, 1.54) is 6.21 Å². The lowest BCUT2D eigenvalue weighted by Gasteiger charge is -2.20. The van der Waals surface area contributed by atoms with Gasteiger partial charge in [0, 0.05) is 10.0 Å². The molecule has 0 atom stereocenters. The number of rotatable bonds is 4. The second-order valence-corrected chi connectivity index (χ2v) is 6.40. The number of carbonyl (C=O) groups is 1. The number of nitrogens with zero attached hydrogens (tertiary/aromatic N) is 1. The number of nitrogens with one attached hydrogen (secondary N) is 1. The Kier molecular flexibility index (Phi) is 5.37. The lowest BCUT2D eigenvalue weighted by molar-refractivity contribution is -0.159. The molecule has 0 unspecified atom stereocenters. The highest BCUT2D eigenvalue weighted by atomic mass is 79.9. The van der Waals surface area contributed by atoms with Crippen molar-refractivity contribution in [2.45, 2.75) is 19.1 Å². The summed E-state index contributed by atoms with van der Waals surface area (Å²) in [6.07, 6.45) is 1.42. The zero-order valence-electron chi connectivity index (χ0n) is 11.2. The first-order chi connectivity index (χ1) is 9.89. The number of phenols is 1. The Morgan fingerprint density at radius 3 is 2.81 bits per heavy atom. The lowest BCUT2D eigenvalue weighted by Crippen LogP contribution is -2.33. The van der Waals surface area contributed by atoms with Gasteiger partial charge in [0.2, 0.25) is 5.91 Å². The highest BCUT2D eigenvalue weighted by Crippen LogP contribution is 2.30. The van der Waals surface area contributed by atoms with Crippen molar-refractivity contribution in [2.24, 2.45) is 5.10 Å². The van der Waals surface area contributed by atoms with Crippen LogP contribution in [0.3, 0.4) is 0 Å². The Balaban J connectivity index is 1.95. The number of carbonyl (C=O) groups excluding carboxylic acids is 1. The van der Waals surface area contributed by atoms with Crippen molar-refractivity contribution in [3.8, 4) is 5.75 Å². The quantitative estimate of drug-likeness (QED) is 0.578. The Hall–Kier alpha value is -0.960. The first kappa shape index (κ1) is 16.4. The molecule has 8 heteroatoms. The number of phenolic OH excluding ortho intramolecular Hbond substituents is 1. The molecule has 0 saturated carbocycles. The maximum atomic E-state index is 11.7. The van der Waals surface area contributed by atoms with E-state index in [1.54, 1.807) is 19.1 Å². The summed E-state index contributed by atoms with van der Waals surface area (Å²) in [5, 5.41) is 13.7. The second-order valence-electron chi connectivity index (χ2n) is 4.63. The van der Waals surface area contributed by atoms with E-state index in [9.17, 15) is 9.90 Å². The van der Waals surface area contributed by atoms with Crippen LogP contribution < -0.4 is 5.43 Å². The standard InChI is InChI=1S/C13H14Br2N2O4/c1-13(20-2-3-21-13)6-11(18)17-16-7-8-4-9(14)5-10(15)12(8)19/h4-5,7,19H,2-3,6H2,1H3,(H,17,18)/b16-7-. The third-order valence-electron chi connectivity index (χ3n) is 2.83. The molecule has 0 spiro atoms. The molecule has 2 rings (SSSR count). The number of hydrogen-bond donors (Lipinski definition) is 2. The summed E-state index contributed by atoms with van der Waals surface area (Å²) < 4.78 is 12.0. The molecule has 0 aliphatic carbocycles. The van der Waals surface area contributed by atoms with Crippen LogP contribution in [0.1, 0.15) is 18.9 Å². The van der Waals surface area contributed by atoms with Gasteiger partial charge in [-0.2, -0.15) is 5.10 Å². The maximum absolute atomic E-state index is 11.7. The predicted molar refractivity (Wildman–Crippen MR) is 84.2 cm³/mol.